The van der Waals surface area contributed by atoms with Crippen molar-refractivity contribution in [2.45, 2.75) is 12.5 Å². The molecule has 7 nitrogen and oxygen atoms in total. The number of amides is 3. The van der Waals surface area contributed by atoms with E-state index >= 15 is 0 Å². The fourth-order valence-electron chi connectivity index (χ4n) is 2.76. The Kier molecular flexibility index (Phi) is 5.28. The molecule has 0 radical (unpaired) electrons. The molecule has 0 aliphatic carbocycles. The summed E-state index contributed by atoms with van der Waals surface area (Å²) in [7, 11) is 0. The van der Waals surface area contributed by atoms with Gasteiger partial charge in [-0.2, -0.15) is 0 Å². The standard InChI is InChI=1S/C19H20N4O3/c20-17(18(25)22-15-5-1-14(12-24)2-6-15)11-13-3-7-16(8-4-13)23-10-9-21-19(23)26/h1-8,12,17H,9-11,20H2,(H,21,26)(H,22,25). The smallest absolute Gasteiger partial charge is 0.321 e. The molecular formula is C19H20N4O3. The van der Waals surface area contributed by atoms with Gasteiger partial charge in [-0.25, -0.2) is 4.79 Å². The number of anilines is 2. The second kappa shape index (κ2) is 7.79. The van der Waals surface area contributed by atoms with Crippen molar-refractivity contribution in [1.82, 2.24) is 5.32 Å². The van der Waals surface area contributed by atoms with Gasteiger partial charge in [-0.05, 0) is 48.4 Å². The average molecular weight is 352 g/mol. The van der Waals surface area contributed by atoms with Crippen molar-refractivity contribution in [3.63, 3.8) is 0 Å². The zero-order valence-corrected chi connectivity index (χ0v) is 14.1. The zero-order chi connectivity index (χ0) is 18.5. The van der Waals surface area contributed by atoms with Gasteiger partial charge in [0.05, 0.1) is 6.04 Å². The summed E-state index contributed by atoms with van der Waals surface area (Å²) >= 11 is 0. The van der Waals surface area contributed by atoms with Crippen LogP contribution in [0.2, 0.25) is 0 Å². The molecule has 0 bridgehead atoms. The van der Waals surface area contributed by atoms with Gasteiger partial charge in [0, 0.05) is 30.0 Å². The number of hydrogen-bond acceptors (Lipinski definition) is 4. The number of nitrogens with two attached hydrogens (primary N) is 1. The SMILES string of the molecule is NC(Cc1ccc(N2CCNC2=O)cc1)C(=O)Nc1ccc(C=O)cc1. The molecular weight excluding hydrogens is 332 g/mol. The minimum atomic E-state index is -0.707. The summed E-state index contributed by atoms with van der Waals surface area (Å²) in [5.74, 6) is -0.299. The Morgan fingerprint density at radius 2 is 1.88 bits per heavy atom. The van der Waals surface area contributed by atoms with Crippen LogP contribution in [0.3, 0.4) is 0 Å². The van der Waals surface area contributed by atoms with Gasteiger partial charge in [-0.3, -0.25) is 14.5 Å². The molecule has 7 heteroatoms. The number of aldehydes is 1. The van der Waals surface area contributed by atoms with Crippen molar-refractivity contribution in [2.24, 2.45) is 5.73 Å². The monoisotopic (exact) mass is 352 g/mol. The fraction of sp³-hybridized carbons (Fsp3) is 0.211. The maximum Gasteiger partial charge on any atom is 0.321 e. The van der Waals surface area contributed by atoms with Crippen molar-refractivity contribution in [2.75, 3.05) is 23.3 Å². The molecule has 1 fully saturated rings. The zero-order valence-electron chi connectivity index (χ0n) is 14.1. The number of benzene rings is 2. The Balaban J connectivity index is 1.57. The predicted molar refractivity (Wildman–Crippen MR) is 99.3 cm³/mol. The van der Waals surface area contributed by atoms with Gasteiger partial charge in [-0.15, -0.1) is 0 Å². The molecule has 1 atom stereocenters. The topological polar surface area (TPSA) is 105 Å². The lowest BCUT2D eigenvalue weighted by atomic mass is 10.1. The van der Waals surface area contributed by atoms with Crippen LogP contribution in [-0.2, 0) is 11.2 Å². The summed E-state index contributed by atoms with van der Waals surface area (Å²) in [5.41, 5.74) is 8.85. The number of carbonyl (C=O) groups excluding carboxylic acids is 3. The van der Waals surface area contributed by atoms with E-state index in [4.69, 9.17) is 5.73 Å². The van der Waals surface area contributed by atoms with Crippen molar-refractivity contribution in [1.29, 1.82) is 0 Å². The third kappa shape index (κ3) is 4.07. The summed E-state index contributed by atoms with van der Waals surface area (Å²) in [5, 5.41) is 5.49. The molecule has 26 heavy (non-hydrogen) atoms. The first-order valence-electron chi connectivity index (χ1n) is 8.33. The number of carbonyl (C=O) groups is 3. The van der Waals surface area contributed by atoms with Gasteiger partial charge in [0.1, 0.15) is 6.29 Å². The third-order valence-corrected chi connectivity index (χ3v) is 4.21. The first-order chi connectivity index (χ1) is 12.6. The molecule has 4 N–H and O–H groups in total. The van der Waals surface area contributed by atoms with Crippen LogP contribution < -0.4 is 21.3 Å². The largest absolute Gasteiger partial charge is 0.336 e. The summed E-state index contributed by atoms with van der Waals surface area (Å²) in [6.45, 7) is 1.28. The lowest BCUT2D eigenvalue weighted by Crippen LogP contribution is -2.37. The van der Waals surface area contributed by atoms with Crippen LogP contribution in [0.25, 0.3) is 0 Å². The molecule has 0 aromatic heterocycles. The van der Waals surface area contributed by atoms with Crippen LogP contribution in [0.1, 0.15) is 15.9 Å². The molecule has 0 spiro atoms. The first kappa shape index (κ1) is 17.6. The van der Waals surface area contributed by atoms with E-state index in [9.17, 15) is 14.4 Å². The Morgan fingerprint density at radius 1 is 1.19 bits per heavy atom. The lowest BCUT2D eigenvalue weighted by Gasteiger charge is -2.16. The normalized spacial score (nSPS) is 14.7. The quantitative estimate of drug-likeness (QED) is 0.686. The van der Waals surface area contributed by atoms with Crippen LogP contribution in [0.5, 0.6) is 0 Å². The number of nitrogens with zero attached hydrogens (tertiary/aromatic N) is 1. The first-order valence-corrected chi connectivity index (χ1v) is 8.33. The lowest BCUT2D eigenvalue weighted by molar-refractivity contribution is -0.117. The number of rotatable bonds is 6. The van der Waals surface area contributed by atoms with E-state index in [1.807, 2.05) is 24.3 Å². The highest BCUT2D eigenvalue weighted by molar-refractivity contribution is 5.95. The molecule has 2 aromatic rings. The molecule has 1 aliphatic heterocycles. The van der Waals surface area contributed by atoms with Gasteiger partial charge in [0.25, 0.3) is 0 Å². The Morgan fingerprint density at radius 3 is 2.46 bits per heavy atom. The molecule has 1 saturated heterocycles. The highest BCUT2D eigenvalue weighted by Crippen LogP contribution is 2.18. The summed E-state index contributed by atoms with van der Waals surface area (Å²) in [4.78, 5) is 36.2. The second-order valence-electron chi connectivity index (χ2n) is 6.09. The molecule has 3 rings (SSSR count). The maximum absolute atomic E-state index is 12.2. The van der Waals surface area contributed by atoms with Gasteiger partial charge in [0.15, 0.2) is 0 Å². The van der Waals surface area contributed by atoms with E-state index in [2.05, 4.69) is 10.6 Å². The summed E-state index contributed by atoms with van der Waals surface area (Å²) < 4.78 is 0. The molecule has 1 aliphatic rings. The van der Waals surface area contributed by atoms with E-state index in [0.29, 0.717) is 30.8 Å². The van der Waals surface area contributed by atoms with Crippen LogP contribution >= 0.6 is 0 Å². The highest BCUT2D eigenvalue weighted by Gasteiger charge is 2.21. The van der Waals surface area contributed by atoms with Crippen LogP contribution in [0.4, 0.5) is 16.2 Å². The van der Waals surface area contributed by atoms with Gasteiger partial charge in [0.2, 0.25) is 5.91 Å². The molecule has 1 heterocycles. The average Bonchev–Trinajstić information content (AvgIpc) is 3.09. The maximum atomic E-state index is 12.2. The molecule has 1 unspecified atom stereocenters. The van der Waals surface area contributed by atoms with Crippen molar-refractivity contribution in [3.05, 3.63) is 59.7 Å². The van der Waals surface area contributed by atoms with E-state index in [0.717, 1.165) is 17.5 Å². The van der Waals surface area contributed by atoms with Gasteiger partial charge >= 0.3 is 6.03 Å². The minimum absolute atomic E-state index is 0.102. The minimum Gasteiger partial charge on any atom is -0.336 e. The molecule has 0 saturated carbocycles. The Hall–Kier alpha value is -3.19. The molecule has 3 amide bonds. The molecule has 2 aromatic carbocycles. The van der Waals surface area contributed by atoms with E-state index in [1.54, 1.807) is 29.2 Å². The fourth-order valence-corrected chi connectivity index (χ4v) is 2.76. The van der Waals surface area contributed by atoms with Gasteiger partial charge in [-0.1, -0.05) is 12.1 Å². The third-order valence-electron chi connectivity index (χ3n) is 4.21. The van der Waals surface area contributed by atoms with E-state index < -0.39 is 6.04 Å². The van der Waals surface area contributed by atoms with Gasteiger partial charge < -0.3 is 16.4 Å². The van der Waals surface area contributed by atoms with Crippen molar-refractivity contribution >= 4 is 29.6 Å². The van der Waals surface area contributed by atoms with Crippen LogP contribution in [-0.4, -0.2) is 37.4 Å². The van der Waals surface area contributed by atoms with E-state index in [-0.39, 0.29) is 11.9 Å². The van der Waals surface area contributed by atoms with E-state index in [1.165, 1.54) is 0 Å². The van der Waals surface area contributed by atoms with Crippen molar-refractivity contribution in [3.8, 4) is 0 Å². The van der Waals surface area contributed by atoms with Crippen LogP contribution in [0.15, 0.2) is 48.5 Å². The predicted octanol–water partition coefficient (Wildman–Crippen LogP) is 1.54. The van der Waals surface area contributed by atoms with Crippen LogP contribution in [0, 0.1) is 0 Å². The van der Waals surface area contributed by atoms with Crippen molar-refractivity contribution < 1.29 is 14.4 Å². The number of hydrogen-bond donors (Lipinski definition) is 3. The number of urea groups is 1. The Labute approximate surface area is 151 Å². The summed E-state index contributed by atoms with van der Waals surface area (Å²) in [6, 6.07) is 13.2. The number of nitrogens with one attached hydrogen (secondary N) is 2. The second-order valence-corrected chi connectivity index (χ2v) is 6.09. The Bertz CT molecular complexity index is 803. The summed E-state index contributed by atoms with van der Waals surface area (Å²) in [6.07, 6.45) is 1.12. The highest BCUT2D eigenvalue weighted by atomic mass is 16.2. The molecule has 134 valence electrons.